The van der Waals surface area contributed by atoms with Crippen LogP contribution in [0.2, 0.25) is 0 Å². The first kappa shape index (κ1) is 26.0. The molecule has 0 unspecified atom stereocenters. The molecule has 1 aliphatic carbocycles. The van der Waals surface area contributed by atoms with E-state index in [2.05, 4.69) is 19.7 Å². The molecule has 1 saturated carbocycles. The molecule has 1 aromatic carbocycles. The fraction of sp³-hybridized carbons (Fsp3) is 0.417. The number of carbonyl (C=O) groups is 1. The van der Waals surface area contributed by atoms with Crippen molar-refractivity contribution in [3.05, 3.63) is 41.8 Å². The smallest absolute Gasteiger partial charge is 0.404 e. The molecule has 0 atom stereocenters. The Morgan fingerprint density at radius 1 is 1.06 bits per heavy atom. The summed E-state index contributed by atoms with van der Waals surface area (Å²) in [5, 5.41) is 0.936. The van der Waals surface area contributed by atoms with E-state index in [9.17, 15) is 13.2 Å². The quantitative estimate of drug-likeness (QED) is 0.430. The molecular formula is C24H30N6O4S2. The molecule has 5 N–H and O–H groups in total. The first-order valence-corrected chi connectivity index (χ1v) is 13.9. The van der Waals surface area contributed by atoms with Crippen LogP contribution in [0.4, 0.5) is 10.7 Å². The molecule has 1 aliphatic rings. The summed E-state index contributed by atoms with van der Waals surface area (Å²) in [6, 6.07) is 5.26. The van der Waals surface area contributed by atoms with Gasteiger partial charge in [0.2, 0.25) is 16.0 Å². The summed E-state index contributed by atoms with van der Waals surface area (Å²) in [6.07, 6.45) is 7.01. The summed E-state index contributed by atoms with van der Waals surface area (Å²) >= 11 is 1.48. The summed E-state index contributed by atoms with van der Waals surface area (Å²) in [5.41, 5.74) is 12.0. The number of sulfonamides is 1. The lowest BCUT2D eigenvalue weighted by molar-refractivity contribution is 0.0787. The van der Waals surface area contributed by atoms with Crippen LogP contribution >= 0.6 is 11.3 Å². The molecule has 12 heteroatoms. The largest absolute Gasteiger partial charge is 0.446 e. The number of aromatic nitrogens is 3. The molecule has 0 saturated heterocycles. The van der Waals surface area contributed by atoms with E-state index in [1.54, 1.807) is 51.5 Å². The maximum absolute atomic E-state index is 13.5. The second-order valence-electron chi connectivity index (χ2n) is 9.87. The molecule has 1 amide bonds. The normalized spacial score (nSPS) is 18.6. The van der Waals surface area contributed by atoms with E-state index in [4.69, 9.17) is 16.2 Å². The van der Waals surface area contributed by atoms with Crippen LogP contribution in [0.3, 0.4) is 0 Å². The molecule has 0 spiro atoms. The van der Waals surface area contributed by atoms with Crippen molar-refractivity contribution >= 4 is 33.4 Å². The van der Waals surface area contributed by atoms with Crippen molar-refractivity contribution in [2.24, 2.45) is 5.73 Å². The number of nitrogen functional groups attached to an aromatic ring is 1. The SMILES string of the molecule is CC(C)(C)NS(=O)(=O)c1cc(-c2cnc(N)nc2)ccc1-c1cnc([C@H]2CC[C@H](OC(N)=O)CC2)s1. The Morgan fingerprint density at radius 3 is 2.33 bits per heavy atom. The highest BCUT2D eigenvalue weighted by Crippen LogP contribution is 2.40. The van der Waals surface area contributed by atoms with Gasteiger partial charge in [-0.2, -0.15) is 0 Å². The predicted molar refractivity (Wildman–Crippen MR) is 139 cm³/mol. The average Bonchev–Trinajstić information content (AvgIpc) is 3.28. The van der Waals surface area contributed by atoms with Crippen molar-refractivity contribution in [2.75, 3.05) is 5.73 Å². The van der Waals surface area contributed by atoms with Crippen LogP contribution in [0.5, 0.6) is 0 Å². The number of hydrogen-bond donors (Lipinski definition) is 3. The van der Waals surface area contributed by atoms with Crippen LogP contribution in [0.15, 0.2) is 41.7 Å². The Bertz CT molecular complexity index is 1340. The zero-order valence-electron chi connectivity index (χ0n) is 20.4. The third-order valence-electron chi connectivity index (χ3n) is 5.81. The number of amides is 1. The minimum atomic E-state index is -3.87. The second kappa shape index (κ2) is 10.1. The third kappa shape index (κ3) is 6.18. The standard InChI is InChI=1S/C24H30N6O4S2/c1-24(2,3)30-36(32,33)20-10-15(16-11-28-22(25)29-12-16)6-9-18(20)19-13-27-21(35-19)14-4-7-17(8-5-14)34-23(26)31/h6,9-14,17,30H,4-5,7-8H2,1-3H3,(H2,26,31)(H2,25,28,29)/t14-,17-. The van der Waals surface area contributed by atoms with Crippen LogP contribution in [0, 0.1) is 0 Å². The zero-order valence-corrected chi connectivity index (χ0v) is 22.0. The van der Waals surface area contributed by atoms with Gasteiger partial charge in [-0.15, -0.1) is 11.3 Å². The monoisotopic (exact) mass is 530 g/mol. The number of rotatable bonds is 6. The summed E-state index contributed by atoms with van der Waals surface area (Å²) in [4.78, 5) is 24.6. The van der Waals surface area contributed by atoms with E-state index in [-0.39, 0.29) is 22.9 Å². The Morgan fingerprint density at radius 2 is 1.72 bits per heavy atom. The number of thiazole rings is 1. The van der Waals surface area contributed by atoms with Gasteiger partial charge >= 0.3 is 6.09 Å². The Balaban J connectivity index is 1.68. The first-order chi connectivity index (χ1) is 16.9. The van der Waals surface area contributed by atoms with Crippen LogP contribution in [0.25, 0.3) is 21.6 Å². The molecule has 1 fully saturated rings. The fourth-order valence-electron chi connectivity index (χ4n) is 4.27. The third-order valence-corrected chi connectivity index (χ3v) is 8.80. The molecule has 4 rings (SSSR count). The van der Waals surface area contributed by atoms with E-state index in [0.29, 0.717) is 16.7 Å². The molecule has 2 aromatic heterocycles. The highest BCUT2D eigenvalue weighted by Gasteiger charge is 2.29. The highest BCUT2D eigenvalue weighted by atomic mass is 32.2. The van der Waals surface area contributed by atoms with Crippen LogP contribution in [0.1, 0.15) is 57.4 Å². The average molecular weight is 531 g/mol. The number of ether oxygens (including phenoxy) is 1. The van der Waals surface area contributed by atoms with Gasteiger partial charge in [-0.3, -0.25) is 0 Å². The summed E-state index contributed by atoms with van der Waals surface area (Å²) in [6.45, 7) is 5.39. The van der Waals surface area contributed by atoms with Crippen LogP contribution < -0.4 is 16.2 Å². The number of nitrogens with two attached hydrogens (primary N) is 2. The van der Waals surface area contributed by atoms with E-state index in [0.717, 1.165) is 35.6 Å². The predicted octanol–water partition coefficient (Wildman–Crippen LogP) is 4.05. The van der Waals surface area contributed by atoms with Gasteiger partial charge in [0.15, 0.2) is 0 Å². The van der Waals surface area contributed by atoms with Crippen molar-refractivity contribution in [2.45, 2.75) is 68.9 Å². The zero-order chi connectivity index (χ0) is 26.1. The Labute approximate surface area is 214 Å². The van der Waals surface area contributed by atoms with Gasteiger partial charge in [-0.1, -0.05) is 12.1 Å². The van der Waals surface area contributed by atoms with Gasteiger partial charge in [-0.25, -0.2) is 32.9 Å². The summed E-state index contributed by atoms with van der Waals surface area (Å²) in [5.74, 6) is 0.362. The highest BCUT2D eigenvalue weighted by molar-refractivity contribution is 7.89. The number of nitrogens with zero attached hydrogens (tertiary/aromatic N) is 3. The Hall–Kier alpha value is -3.09. The van der Waals surface area contributed by atoms with E-state index in [1.807, 2.05) is 6.07 Å². The maximum atomic E-state index is 13.5. The van der Waals surface area contributed by atoms with Gasteiger partial charge in [0.1, 0.15) is 6.10 Å². The van der Waals surface area contributed by atoms with Crippen LogP contribution in [-0.2, 0) is 14.8 Å². The van der Waals surface area contributed by atoms with Crippen molar-refractivity contribution in [1.29, 1.82) is 0 Å². The number of carbonyl (C=O) groups excluding carboxylic acids is 1. The van der Waals surface area contributed by atoms with Crippen LogP contribution in [-0.4, -0.2) is 41.1 Å². The number of anilines is 1. The molecule has 192 valence electrons. The number of primary amides is 1. The first-order valence-electron chi connectivity index (χ1n) is 11.6. The topological polar surface area (TPSA) is 163 Å². The molecule has 10 nitrogen and oxygen atoms in total. The minimum absolute atomic E-state index is 0.144. The molecule has 2 heterocycles. The summed E-state index contributed by atoms with van der Waals surface area (Å²) < 4.78 is 34.8. The summed E-state index contributed by atoms with van der Waals surface area (Å²) in [7, 11) is -3.87. The van der Waals surface area contributed by atoms with Gasteiger partial charge in [0, 0.05) is 41.2 Å². The van der Waals surface area contributed by atoms with E-state index < -0.39 is 21.7 Å². The molecule has 0 aliphatic heterocycles. The van der Waals surface area contributed by atoms with E-state index >= 15 is 0 Å². The second-order valence-corrected chi connectivity index (χ2v) is 12.6. The molecular weight excluding hydrogens is 500 g/mol. The molecule has 0 bridgehead atoms. The molecule has 36 heavy (non-hydrogen) atoms. The van der Waals surface area contributed by atoms with Crippen molar-refractivity contribution in [1.82, 2.24) is 19.7 Å². The lowest BCUT2D eigenvalue weighted by Gasteiger charge is -2.26. The maximum Gasteiger partial charge on any atom is 0.404 e. The van der Waals surface area contributed by atoms with Crippen molar-refractivity contribution in [3.63, 3.8) is 0 Å². The minimum Gasteiger partial charge on any atom is -0.446 e. The molecule has 0 radical (unpaired) electrons. The lowest BCUT2D eigenvalue weighted by atomic mass is 9.88. The number of nitrogens with one attached hydrogen (secondary N) is 1. The van der Waals surface area contributed by atoms with Crippen molar-refractivity contribution in [3.8, 4) is 21.6 Å². The van der Waals surface area contributed by atoms with Gasteiger partial charge in [0.05, 0.1) is 14.8 Å². The van der Waals surface area contributed by atoms with Crippen molar-refractivity contribution < 1.29 is 17.9 Å². The number of hydrogen-bond acceptors (Lipinski definition) is 9. The number of benzene rings is 1. The lowest BCUT2D eigenvalue weighted by Crippen LogP contribution is -2.40. The fourth-order valence-corrected chi connectivity index (χ4v) is 7.12. The van der Waals surface area contributed by atoms with E-state index in [1.165, 1.54) is 11.3 Å². The van der Waals surface area contributed by atoms with Gasteiger partial charge in [-0.05, 0) is 58.1 Å². The van der Waals surface area contributed by atoms with Gasteiger partial charge in [0.25, 0.3) is 0 Å². The molecule has 3 aromatic rings. The van der Waals surface area contributed by atoms with Gasteiger partial charge < -0.3 is 16.2 Å². The Kier molecular flexibility index (Phi) is 7.30.